The molecular formula is C19H20N2O2S. The molecule has 0 atom stereocenters. The predicted molar refractivity (Wildman–Crippen MR) is 95.9 cm³/mol. The first-order chi connectivity index (χ1) is 11.7. The Hall–Kier alpha value is -2.14. The highest BCUT2D eigenvalue weighted by Gasteiger charge is 2.24. The van der Waals surface area contributed by atoms with Gasteiger partial charge in [-0.05, 0) is 37.7 Å². The highest BCUT2D eigenvalue weighted by Crippen LogP contribution is 2.35. The van der Waals surface area contributed by atoms with E-state index in [4.69, 9.17) is 4.98 Å². The van der Waals surface area contributed by atoms with E-state index in [0.717, 1.165) is 41.2 Å². The van der Waals surface area contributed by atoms with Crippen molar-refractivity contribution in [2.75, 3.05) is 0 Å². The minimum absolute atomic E-state index is 0.00913. The number of hydrogen-bond acceptors (Lipinski definition) is 3. The predicted octanol–water partition coefficient (Wildman–Crippen LogP) is 4.13. The number of imidazole rings is 1. The topological polar surface area (TPSA) is 54.6 Å². The van der Waals surface area contributed by atoms with Crippen LogP contribution >= 0.6 is 11.3 Å². The molecule has 1 N–H and O–H groups in total. The maximum Gasteiger partial charge on any atom is 0.309 e. The van der Waals surface area contributed by atoms with Crippen LogP contribution in [0.2, 0.25) is 0 Å². The molecule has 0 unspecified atom stereocenters. The third kappa shape index (κ3) is 2.53. The Morgan fingerprint density at radius 1 is 1.25 bits per heavy atom. The first-order valence-electron chi connectivity index (χ1n) is 8.50. The summed E-state index contributed by atoms with van der Waals surface area (Å²) in [5, 5.41) is 9.40. The van der Waals surface area contributed by atoms with E-state index >= 15 is 0 Å². The summed E-state index contributed by atoms with van der Waals surface area (Å²) in [6.07, 6.45) is 5.51. The number of carboxylic acid groups (broad SMARTS) is 1. The smallest absolute Gasteiger partial charge is 0.309 e. The van der Waals surface area contributed by atoms with E-state index in [9.17, 15) is 9.90 Å². The lowest BCUT2D eigenvalue weighted by Gasteiger charge is -2.12. The van der Waals surface area contributed by atoms with Gasteiger partial charge in [-0.15, -0.1) is 11.3 Å². The molecule has 2 aromatic heterocycles. The number of rotatable bonds is 4. The van der Waals surface area contributed by atoms with E-state index in [1.54, 1.807) is 11.3 Å². The van der Waals surface area contributed by atoms with Gasteiger partial charge in [-0.3, -0.25) is 9.20 Å². The van der Waals surface area contributed by atoms with Crippen LogP contribution in [0.5, 0.6) is 0 Å². The summed E-state index contributed by atoms with van der Waals surface area (Å²) in [6, 6.07) is 8.32. The van der Waals surface area contributed by atoms with E-state index in [1.807, 2.05) is 0 Å². The molecule has 3 aromatic rings. The zero-order valence-electron chi connectivity index (χ0n) is 13.7. The first kappa shape index (κ1) is 15.4. The Bertz CT molecular complexity index is 906. The highest BCUT2D eigenvalue weighted by molar-refractivity contribution is 7.17. The van der Waals surface area contributed by atoms with Gasteiger partial charge in [0.2, 0.25) is 0 Å². The van der Waals surface area contributed by atoms with Gasteiger partial charge in [-0.25, -0.2) is 4.98 Å². The number of carboxylic acids is 1. The van der Waals surface area contributed by atoms with E-state index in [0.29, 0.717) is 0 Å². The average molecular weight is 340 g/mol. The summed E-state index contributed by atoms with van der Waals surface area (Å²) in [4.78, 5) is 18.6. The van der Waals surface area contributed by atoms with Crippen LogP contribution in [0.25, 0.3) is 16.2 Å². The molecule has 1 aliphatic carbocycles. The second-order valence-electron chi connectivity index (χ2n) is 6.33. The maximum atomic E-state index is 11.4. The molecule has 1 aromatic carbocycles. The molecule has 0 fully saturated rings. The molecule has 0 saturated carbocycles. The first-order valence-corrected chi connectivity index (χ1v) is 9.32. The molecule has 0 bridgehead atoms. The summed E-state index contributed by atoms with van der Waals surface area (Å²) in [7, 11) is 0. The molecule has 0 saturated heterocycles. The number of nitrogens with zero attached hydrogens (tertiary/aromatic N) is 2. The number of aliphatic carboxylic acids is 1. The largest absolute Gasteiger partial charge is 0.481 e. The third-order valence-electron chi connectivity index (χ3n) is 4.77. The Morgan fingerprint density at radius 2 is 2.00 bits per heavy atom. The molecule has 5 heteroatoms. The number of fused-ring (bicyclic) bond motifs is 3. The van der Waals surface area contributed by atoms with Gasteiger partial charge in [0.1, 0.15) is 0 Å². The molecule has 4 rings (SSSR count). The van der Waals surface area contributed by atoms with Crippen LogP contribution in [0.4, 0.5) is 0 Å². The summed E-state index contributed by atoms with van der Waals surface area (Å²) in [6.45, 7) is 2.13. The van der Waals surface area contributed by atoms with Gasteiger partial charge in [-0.2, -0.15) is 0 Å². The van der Waals surface area contributed by atoms with Crippen molar-refractivity contribution in [1.82, 2.24) is 9.38 Å². The SMILES string of the molecule is CCc1ccc(-c2nc3sc4c(n3c2CC(=O)O)CCCC4)cc1. The lowest BCUT2D eigenvalue weighted by Crippen LogP contribution is -2.09. The molecule has 1 aliphatic rings. The lowest BCUT2D eigenvalue weighted by atomic mass is 10.0. The zero-order valence-corrected chi connectivity index (χ0v) is 14.5. The van der Waals surface area contributed by atoms with E-state index in [-0.39, 0.29) is 6.42 Å². The third-order valence-corrected chi connectivity index (χ3v) is 5.91. The van der Waals surface area contributed by atoms with Crippen molar-refractivity contribution in [2.24, 2.45) is 0 Å². The van der Waals surface area contributed by atoms with Crippen LogP contribution < -0.4 is 0 Å². The standard InChI is InChI=1S/C19H20N2O2S/c1-2-12-7-9-13(10-8-12)18-15(11-17(22)23)21-14-5-3-4-6-16(14)24-19(21)20-18/h7-10H,2-6,11H2,1H3,(H,22,23). The normalized spacial score (nSPS) is 14.0. The van der Waals surface area contributed by atoms with Gasteiger partial charge in [-0.1, -0.05) is 31.2 Å². The van der Waals surface area contributed by atoms with Gasteiger partial charge in [0, 0.05) is 16.1 Å². The molecule has 0 spiro atoms. The summed E-state index contributed by atoms with van der Waals surface area (Å²) in [5.41, 5.74) is 5.20. The van der Waals surface area contributed by atoms with Crippen LogP contribution in [0.1, 0.15) is 41.6 Å². The van der Waals surface area contributed by atoms with Gasteiger partial charge in [0.05, 0.1) is 17.8 Å². The number of hydrogen-bond donors (Lipinski definition) is 1. The Labute approximate surface area is 144 Å². The van der Waals surface area contributed by atoms with Crippen molar-refractivity contribution in [3.63, 3.8) is 0 Å². The van der Waals surface area contributed by atoms with Crippen molar-refractivity contribution < 1.29 is 9.90 Å². The average Bonchev–Trinajstić information content (AvgIpc) is 3.11. The molecule has 2 heterocycles. The number of aromatic nitrogens is 2. The highest BCUT2D eigenvalue weighted by atomic mass is 32.1. The lowest BCUT2D eigenvalue weighted by molar-refractivity contribution is -0.136. The fourth-order valence-corrected chi connectivity index (χ4v) is 4.76. The van der Waals surface area contributed by atoms with E-state index in [1.165, 1.54) is 29.0 Å². The van der Waals surface area contributed by atoms with Crippen LogP contribution in [0.3, 0.4) is 0 Å². The summed E-state index contributed by atoms with van der Waals surface area (Å²) >= 11 is 1.72. The Kier molecular flexibility index (Phi) is 3.88. The van der Waals surface area contributed by atoms with Gasteiger partial charge in [0.15, 0.2) is 4.96 Å². The number of thiazole rings is 1. The Morgan fingerprint density at radius 3 is 2.71 bits per heavy atom. The molecule has 24 heavy (non-hydrogen) atoms. The second kappa shape index (κ2) is 6.06. The zero-order chi connectivity index (χ0) is 16.7. The number of benzene rings is 1. The Balaban J connectivity index is 1.90. The summed E-state index contributed by atoms with van der Waals surface area (Å²) in [5.74, 6) is -0.806. The quantitative estimate of drug-likeness (QED) is 0.777. The van der Waals surface area contributed by atoms with Crippen molar-refractivity contribution in [1.29, 1.82) is 0 Å². The monoisotopic (exact) mass is 340 g/mol. The van der Waals surface area contributed by atoms with Crippen molar-refractivity contribution in [3.8, 4) is 11.3 Å². The minimum Gasteiger partial charge on any atom is -0.481 e. The molecule has 4 nitrogen and oxygen atoms in total. The van der Waals surface area contributed by atoms with E-state index < -0.39 is 5.97 Å². The van der Waals surface area contributed by atoms with Gasteiger partial charge >= 0.3 is 5.97 Å². The van der Waals surface area contributed by atoms with Crippen LogP contribution in [0.15, 0.2) is 24.3 Å². The fraction of sp³-hybridized carbons (Fsp3) is 0.368. The number of carbonyl (C=O) groups is 1. The van der Waals surface area contributed by atoms with Crippen molar-refractivity contribution in [3.05, 3.63) is 46.1 Å². The van der Waals surface area contributed by atoms with Crippen LogP contribution in [-0.2, 0) is 30.5 Å². The van der Waals surface area contributed by atoms with Gasteiger partial charge < -0.3 is 5.11 Å². The molecule has 0 radical (unpaired) electrons. The minimum atomic E-state index is -0.806. The second-order valence-corrected chi connectivity index (χ2v) is 7.39. The van der Waals surface area contributed by atoms with Crippen molar-refractivity contribution >= 4 is 22.3 Å². The fourth-order valence-electron chi connectivity index (χ4n) is 3.53. The number of aryl methyl sites for hydroxylation is 3. The van der Waals surface area contributed by atoms with E-state index in [2.05, 4.69) is 35.6 Å². The van der Waals surface area contributed by atoms with Crippen LogP contribution in [-0.4, -0.2) is 20.5 Å². The van der Waals surface area contributed by atoms with Gasteiger partial charge in [0.25, 0.3) is 0 Å². The molecule has 124 valence electrons. The molecule has 0 amide bonds. The van der Waals surface area contributed by atoms with Crippen molar-refractivity contribution in [2.45, 2.75) is 45.4 Å². The molecular weight excluding hydrogens is 320 g/mol. The molecule has 0 aliphatic heterocycles. The summed E-state index contributed by atoms with van der Waals surface area (Å²) < 4.78 is 2.12. The van der Waals surface area contributed by atoms with Crippen LogP contribution in [0, 0.1) is 0 Å². The maximum absolute atomic E-state index is 11.4.